The number of anilines is 1. The van der Waals surface area contributed by atoms with E-state index >= 15 is 4.39 Å². The van der Waals surface area contributed by atoms with E-state index in [4.69, 9.17) is 0 Å². The summed E-state index contributed by atoms with van der Waals surface area (Å²) < 4.78 is 101. The Morgan fingerprint density at radius 2 is 0.765 bits per heavy atom. The molecule has 0 amide bonds. The molecule has 1 nitrogen and oxygen atoms in total. The lowest BCUT2D eigenvalue weighted by atomic mass is 10.0. The van der Waals surface area contributed by atoms with Gasteiger partial charge in [0.1, 0.15) is 5.69 Å². The second kappa shape index (κ2) is 13.8. The summed E-state index contributed by atoms with van der Waals surface area (Å²) >= 11 is 0. The topological polar surface area (TPSA) is 3.24 Å². The lowest BCUT2D eigenvalue weighted by Gasteiger charge is -2.27. The molecule has 0 bridgehead atoms. The van der Waals surface area contributed by atoms with Gasteiger partial charge in [0.05, 0.1) is 10.8 Å². The molecule has 2 rings (SSSR count). The van der Waals surface area contributed by atoms with Gasteiger partial charge in [-0.1, -0.05) is 78.1 Å². The van der Waals surface area contributed by atoms with Crippen LogP contribution in [0.15, 0.2) is 0 Å². The van der Waals surface area contributed by atoms with Crippen LogP contribution in [-0.4, -0.2) is 13.1 Å². The molecule has 0 saturated heterocycles. The van der Waals surface area contributed by atoms with Crippen molar-refractivity contribution >= 4 is 16.5 Å². The number of hydrogen-bond acceptors (Lipinski definition) is 1. The number of hydrogen-bond donors (Lipinski definition) is 0. The van der Waals surface area contributed by atoms with E-state index in [1.54, 1.807) is 0 Å². The monoisotopic (exact) mass is 493 g/mol. The van der Waals surface area contributed by atoms with Gasteiger partial charge >= 0.3 is 0 Å². The molecule has 0 radical (unpaired) electrons. The van der Waals surface area contributed by atoms with Crippen molar-refractivity contribution in [3.05, 3.63) is 40.7 Å². The van der Waals surface area contributed by atoms with Crippen molar-refractivity contribution in [3.8, 4) is 0 Å². The molecule has 0 aliphatic carbocycles. The van der Waals surface area contributed by atoms with E-state index in [1.165, 1.54) is 4.90 Å². The first-order chi connectivity index (χ1) is 16.3. The fourth-order valence-electron chi connectivity index (χ4n) is 4.25. The van der Waals surface area contributed by atoms with E-state index in [1.807, 2.05) is 0 Å². The number of nitrogens with zero attached hydrogens (tertiary/aromatic N) is 1. The average Bonchev–Trinajstić information content (AvgIpc) is 2.82. The van der Waals surface area contributed by atoms with Gasteiger partial charge in [0.15, 0.2) is 40.7 Å². The largest absolute Gasteiger partial charge is 0.367 e. The van der Waals surface area contributed by atoms with Gasteiger partial charge in [0.25, 0.3) is 0 Å². The van der Waals surface area contributed by atoms with Crippen LogP contribution in [0.2, 0.25) is 0 Å². The van der Waals surface area contributed by atoms with Gasteiger partial charge in [0, 0.05) is 13.1 Å². The second-order valence-electron chi connectivity index (χ2n) is 8.82. The molecule has 34 heavy (non-hydrogen) atoms. The molecule has 8 heteroatoms. The Hall–Kier alpha value is -1.99. The average molecular weight is 494 g/mol. The number of rotatable bonds is 15. The second-order valence-corrected chi connectivity index (χ2v) is 8.82. The summed E-state index contributed by atoms with van der Waals surface area (Å²) in [4.78, 5) is 1.28. The highest BCUT2D eigenvalue weighted by molar-refractivity contribution is 5.89. The molecule has 0 aromatic heterocycles. The van der Waals surface area contributed by atoms with Crippen LogP contribution in [0.5, 0.6) is 0 Å². The third kappa shape index (κ3) is 6.57. The first-order valence-electron chi connectivity index (χ1n) is 12.3. The fourth-order valence-corrected chi connectivity index (χ4v) is 4.25. The van der Waals surface area contributed by atoms with Gasteiger partial charge in [-0.2, -0.15) is 0 Å². The first-order valence-corrected chi connectivity index (χ1v) is 12.3. The summed E-state index contributed by atoms with van der Waals surface area (Å²) in [5, 5.41) is -2.98. The van der Waals surface area contributed by atoms with Crippen LogP contribution < -0.4 is 4.90 Å². The lowest BCUT2D eigenvalue weighted by Crippen LogP contribution is -2.28. The molecule has 0 saturated carbocycles. The van der Waals surface area contributed by atoms with Crippen molar-refractivity contribution in [3.63, 3.8) is 0 Å². The van der Waals surface area contributed by atoms with Crippen molar-refractivity contribution in [1.82, 2.24) is 0 Å². The number of unbranched alkanes of at least 4 members (excludes halogenated alkanes) is 10. The van der Waals surface area contributed by atoms with Crippen LogP contribution in [-0.2, 0) is 0 Å². The maximum absolute atomic E-state index is 15.3. The molecule has 2 aromatic rings. The van der Waals surface area contributed by atoms with Crippen molar-refractivity contribution in [1.29, 1.82) is 0 Å². The van der Waals surface area contributed by atoms with Crippen LogP contribution in [0.1, 0.15) is 90.9 Å². The Labute approximate surface area is 197 Å². The number of benzene rings is 2. The van der Waals surface area contributed by atoms with Gasteiger partial charge < -0.3 is 4.90 Å². The van der Waals surface area contributed by atoms with E-state index in [2.05, 4.69) is 13.8 Å². The minimum atomic E-state index is -2.31. The zero-order valence-corrected chi connectivity index (χ0v) is 20.0. The molecule has 0 fully saturated rings. The van der Waals surface area contributed by atoms with E-state index in [-0.39, 0.29) is 13.1 Å². The van der Waals surface area contributed by atoms with Crippen LogP contribution in [0.4, 0.5) is 36.4 Å². The molecule has 0 heterocycles. The molecule has 0 N–H and O–H groups in total. The lowest BCUT2D eigenvalue weighted by molar-refractivity contribution is 0.411. The van der Waals surface area contributed by atoms with Crippen molar-refractivity contribution in [2.45, 2.75) is 90.9 Å². The van der Waals surface area contributed by atoms with Crippen LogP contribution in [0.3, 0.4) is 0 Å². The highest BCUT2D eigenvalue weighted by Gasteiger charge is 2.32. The molecule has 0 spiro atoms. The molecule has 192 valence electrons. The maximum Gasteiger partial charge on any atom is 0.198 e. The highest BCUT2D eigenvalue weighted by Crippen LogP contribution is 2.38. The summed E-state index contributed by atoms with van der Waals surface area (Å²) in [5.41, 5.74) is -0.864. The van der Waals surface area contributed by atoms with Crippen molar-refractivity contribution in [2.75, 3.05) is 18.0 Å². The summed E-state index contributed by atoms with van der Waals surface area (Å²) in [6.45, 7) is 4.51. The Morgan fingerprint density at radius 1 is 0.412 bits per heavy atom. The SMILES string of the molecule is CCCCCCCCN(CCCCCCCC)c1c(F)c(F)c2c(F)c(F)c(F)c(F)c2c1F. The quantitative estimate of drug-likeness (QED) is 0.103. The smallest absolute Gasteiger partial charge is 0.198 e. The van der Waals surface area contributed by atoms with Crippen LogP contribution in [0, 0.1) is 40.7 Å². The normalized spacial score (nSPS) is 11.6. The first kappa shape index (κ1) is 28.2. The number of halogens is 7. The minimum absolute atomic E-state index is 0.174. The predicted octanol–water partition coefficient (Wildman–Crippen LogP) is 9.34. The molecule has 2 aromatic carbocycles. The zero-order chi connectivity index (χ0) is 25.3. The Kier molecular flexibility index (Phi) is 11.5. The molecular weight excluding hydrogens is 459 g/mol. The highest BCUT2D eigenvalue weighted by atomic mass is 19.2. The summed E-state index contributed by atoms with van der Waals surface area (Å²) in [6.07, 6.45) is 10.9. The van der Waals surface area contributed by atoms with Gasteiger partial charge in [-0.3, -0.25) is 0 Å². The zero-order valence-electron chi connectivity index (χ0n) is 20.0. The third-order valence-corrected chi connectivity index (χ3v) is 6.19. The van der Waals surface area contributed by atoms with E-state index in [9.17, 15) is 26.3 Å². The molecule has 0 atom stereocenters. The standard InChI is InChI=1S/C26H34F7N/c1-3-5-7-9-11-13-15-34(16-14-12-10-8-6-4-2)26-22(30)18-17(21(29)25(26)33)19(27)23(31)24(32)20(18)28/h3-16H2,1-2H3. The minimum Gasteiger partial charge on any atom is -0.367 e. The van der Waals surface area contributed by atoms with Gasteiger partial charge in [-0.15, -0.1) is 0 Å². The molecule has 0 aliphatic heterocycles. The van der Waals surface area contributed by atoms with Crippen LogP contribution in [0.25, 0.3) is 10.8 Å². The van der Waals surface area contributed by atoms with E-state index in [0.29, 0.717) is 12.8 Å². The molecular formula is C26H34F7N. The summed E-state index contributed by atoms with van der Waals surface area (Å²) in [7, 11) is 0. The summed E-state index contributed by atoms with van der Waals surface area (Å²) in [5.74, 6) is -14.1. The van der Waals surface area contributed by atoms with Gasteiger partial charge in [0.2, 0.25) is 0 Å². The fraction of sp³-hybridized carbons (Fsp3) is 0.615. The number of fused-ring (bicyclic) bond motifs is 1. The van der Waals surface area contributed by atoms with Gasteiger partial charge in [-0.05, 0) is 12.8 Å². The van der Waals surface area contributed by atoms with Crippen LogP contribution >= 0.6 is 0 Å². The molecule has 0 unspecified atom stereocenters. The predicted molar refractivity (Wildman–Crippen MR) is 123 cm³/mol. The summed E-state index contributed by atoms with van der Waals surface area (Å²) in [6, 6.07) is 0. The molecule has 0 aliphatic rings. The third-order valence-electron chi connectivity index (χ3n) is 6.19. The van der Waals surface area contributed by atoms with Gasteiger partial charge in [-0.25, -0.2) is 30.7 Å². The van der Waals surface area contributed by atoms with Crippen molar-refractivity contribution < 1.29 is 30.7 Å². The maximum atomic E-state index is 15.3. The van der Waals surface area contributed by atoms with E-state index < -0.39 is 57.2 Å². The Balaban J connectivity index is 2.38. The van der Waals surface area contributed by atoms with Crippen molar-refractivity contribution in [2.24, 2.45) is 0 Å². The van der Waals surface area contributed by atoms with E-state index in [0.717, 1.165) is 64.2 Å². The Bertz CT molecular complexity index is 929. The Morgan fingerprint density at radius 3 is 1.21 bits per heavy atom.